The number of benzene rings is 2. The summed E-state index contributed by atoms with van der Waals surface area (Å²) in [5, 5.41) is 0.514. The number of nitrogens with zero attached hydrogens (tertiary/aromatic N) is 2. The van der Waals surface area contributed by atoms with E-state index in [1.165, 1.54) is 11.9 Å². The fourth-order valence-electron chi connectivity index (χ4n) is 4.16. The van der Waals surface area contributed by atoms with E-state index in [4.69, 9.17) is 16.3 Å². The number of piperidine rings is 1. The van der Waals surface area contributed by atoms with Crippen molar-refractivity contribution in [2.45, 2.75) is 50.9 Å². The third-order valence-electron chi connectivity index (χ3n) is 5.86. The number of alkyl halides is 3. The average molecular weight is 515 g/mol. The highest BCUT2D eigenvalue weighted by molar-refractivity contribution is 6.30. The number of likely N-dealkylation sites (tertiary alicyclic amines) is 1. The van der Waals surface area contributed by atoms with E-state index in [2.05, 4.69) is 0 Å². The summed E-state index contributed by atoms with van der Waals surface area (Å²) in [6.45, 7) is 5.81. The number of ether oxygens (including phenoxy) is 1. The smallest absolute Gasteiger partial charge is 0.419 e. The zero-order valence-electron chi connectivity index (χ0n) is 19.8. The predicted octanol–water partition coefficient (Wildman–Crippen LogP) is 6.36. The van der Waals surface area contributed by atoms with Gasteiger partial charge in [-0.2, -0.15) is 13.2 Å². The largest absolute Gasteiger partial charge is 0.444 e. The highest BCUT2D eigenvalue weighted by Gasteiger charge is 2.39. The summed E-state index contributed by atoms with van der Waals surface area (Å²) < 4.78 is 58.7. The first-order valence-electron chi connectivity index (χ1n) is 11.0. The molecule has 0 saturated carbocycles. The molecule has 0 spiro atoms. The van der Waals surface area contributed by atoms with Crippen LogP contribution in [0.3, 0.4) is 0 Å². The number of hydrogen-bond donors (Lipinski definition) is 0. The highest BCUT2D eigenvalue weighted by atomic mass is 35.5. The van der Waals surface area contributed by atoms with Crippen LogP contribution in [0.4, 0.5) is 22.4 Å². The van der Waals surface area contributed by atoms with E-state index < -0.39 is 41.2 Å². The second kappa shape index (κ2) is 10.0. The Labute approximate surface area is 206 Å². The first kappa shape index (κ1) is 26.8. The third-order valence-corrected chi connectivity index (χ3v) is 6.11. The minimum Gasteiger partial charge on any atom is -0.444 e. The van der Waals surface area contributed by atoms with E-state index >= 15 is 0 Å². The molecule has 1 saturated heterocycles. The molecule has 190 valence electrons. The van der Waals surface area contributed by atoms with Gasteiger partial charge in [0.05, 0.1) is 5.56 Å². The van der Waals surface area contributed by atoms with Crippen molar-refractivity contribution in [3.8, 4) is 0 Å². The lowest BCUT2D eigenvalue weighted by Crippen LogP contribution is -2.52. The minimum absolute atomic E-state index is 0.232. The molecule has 0 bridgehead atoms. The maximum Gasteiger partial charge on any atom is 0.419 e. The summed E-state index contributed by atoms with van der Waals surface area (Å²) in [7, 11) is 1.50. The van der Waals surface area contributed by atoms with Crippen LogP contribution in [0, 0.1) is 5.82 Å². The van der Waals surface area contributed by atoms with Crippen LogP contribution < -0.4 is 0 Å². The van der Waals surface area contributed by atoms with Crippen LogP contribution in [0.5, 0.6) is 0 Å². The van der Waals surface area contributed by atoms with E-state index in [0.29, 0.717) is 30.1 Å². The van der Waals surface area contributed by atoms with Crippen molar-refractivity contribution < 1.29 is 31.9 Å². The van der Waals surface area contributed by atoms with Crippen LogP contribution in [-0.4, -0.2) is 53.6 Å². The van der Waals surface area contributed by atoms with Gasteiger partial charge < -0.3 is 14.5 Å². The van der Waals surface area contributed by atoms with Crippen molar-refractivity contribution >= 4 is 23.6 Å². The first-order valence-corrected chi connectivity index (χ1v) is 11.4. The normalized spacial score (nSPS) is 18.8. The molecule has 1 fully saturated rings. The fraction of sp³-hybridized carbons (Fsp3) is 0.440. The van der Waals surface area contributed by atoms with Gasteiger partial charge in [-0.3, -0.25) is 4.79 Å². The Balaban J connectivity index is 1.90. The quantitative estimate of drug-likeness (QED) is 0.448. The van der Waals surface area contributed by atoms with Crippen LogP contribution in [0.2, 0.25) is 5.02 Å². The van der Waals surface area contributed by atoms with Gasteiger partial charge in [-0.15, -0.1) is 0 Å². The third kappa shape index (κ3) is 6.45. The molecular formula is C25H27ClF4N2O3. The second-order valence-electron chi connectivity index (χ2n) is 9.55. The lowest BCUT2D eigenvalue weighted by Gasteiger charge is -2.43. The Hall–Kier alpha value is -2.81. The lowest BCUT2D eigenvalue weighted by molar-refractivity contribution is -0.140. The van der Waals surface area contributed by atoms with Crippen LogP contribution in [-0.2, 0) is 10.9 Å². The standard InChI is InChI=1S/C25H27ClF4N2O3/c1-24(2,3)35-23(34)32-12-11-21(18(14-32)15-5-8-17(26)9-6-15)31(4)22(33)16-7-10-20(27)19(13-16)25(28,29)30/h5-10,13,18,21H,11-12,14H2,1-4H3/t18-,21+/m0/s1. The maximum atomic E-state index is 13.7. The van der Waals surface area contributed by atoms with Crippen molar-refractivity contribution in [1.82, 2.24) is 9.80 Å². The molecule has 0 unspecified atom stereocenters. The Bertz CT molecular complexity index is 1080. The minimum atomic E-state index is -4.93. The topological polar surface area (TPSA) is 49.9 Å². The number of carbonyl (C=O) groups is 2. The highest BCUT2D eigenvalue weighted by Crippen LogP contribution is 2.35. The number of amides is 2. The molecule has 2 amide bonds. The summed E-state index contributed by atoms with van der Waals surface area (Å²) in [6, 6.07) is 8.73. The molecule has 0 radical (unpaired) electrons. The SMILES string of the molecule is CN(C(=O)c1ccc(F)c(C(F)(F)F)c1)[C@@H]1CCN(C(=O)OC(C)(C)C)C[C@H]1c1ccc(Cl)cc1. The molecule has 0 aromatic heterocycles. The summed E-state index contributed by atoms with van der Waals surface area (Å²) in [6.07, 6.45) is -5.05. The molecule has 2 aromatic carbocycles. The van der Waals surface area contributed by atoms with E-state index in [9.17, 15) is 27.2 Å². The molecule has 3 rings (SSSR count). The van der Waals surface area contributed by atoms with Crippen molar-refractivity contribution in [2.75, 3.05) is 20.1 Å². The van der Waals surface area contributed by atoms with Gasteiger partial charge in [0.1, 0.15) is 11.4 Å². The van der Waals surface area contributed by atoms with Gasteiger partial charge >= 0.3 is 12.3 Å². The number of carbonyl (C=O) groups excluding carboxylic acids is 2. The van der Waals surface area contributed by atoms with Gasteiger partial charge in [-0.25, -0.2) is 9.18 Å². The Morgan fingerprint density at radius 2 is 1.71 bits per heavy atom. The average Bonchev–Trinajstić information content (AvgIpc) is 2.76. The Morgan fingerprint density at radius 3 is 2.29 bits per heavy atom. The number of rotatable bonds is 3. The molecule has 1 heterocycles. The lowest BCUT2D eigenvalue weighted by atomic mass is 9.85. The van der Waals surface area contributed by atoms with E-state index in [0.717, 1.165) is 11.6 Å². The molecule has 2 atom stereocenters. The van der Waals surface area contributed by atoms with Crippen molar-refractivity contribution in [3.05, 3.63) is 70.0 Å². The van der Waals surface area contributed by atoms with Gasteiger partial charge in [-0.05, 0) is 63.1 Å². The van der Waals surface area contributed by atoms with E-state index in [-0.39, 0.29) is 18.0 Å². The van der Waals surface area contributed by atoms with Gasteiger partial charge in [0.15, 0.2) is 0 Å². The molecule has 35 heavy (non-hydrogen) atoms. The van der Waals surface area contributed by atoms with Gasteiger partial charge in [0.25, 0.3) is 5.91 Å². The van der Waals surface area contributed by atoms with Gasteiger partial charge in [0, 0.05) is 42.7 Å². The molecule has 10 heteroatoms. The Kier molecular flexibility index (Phi) is 7.69. The Morgan fingerprint density at radius 1 is 1.09 bits per heavy atom. The molecule has 1 aliphatic heterocycles. The number of hydrogen-bond acceptors (Lipinski definition) is 3. The maximum absolute atomic E-state index is 13.7. The van der Waals surface area contributed by atoms with Crippen molar-refractivity contribution in [1.29, 1.82) is 0 Å². The summed E-state index contributed by atoms with van der Waals surface area (Å²) >= 11 is 6.02. The monoisotopic (exact) mass is 514 g/mol. The summed E-state index contributed by atoms with van der Waals surface area (Å²) in [5.41, 5.74) is -1.64. The zero-order valence-corrected chi connectivity index (χ0v) is 20.6. The van der Waals surface area contributed by atoms with Crippen molar-refractivity contribution in [2.24, 2.45) is 0 Å². The second-order valence-corrected chi connectivity index (χ2v) is 9.99. The van der Waals surface area contributed by atoms with Crippen LogP contribution in [0.15, 0.2) is 42.5 Å². The summed E-state index contributed by atoms with van der Waals surface area (Å²) in [4.78, 5) is 28.8. The first-order chi connectivity index (χ1) is 16.2. The molecule has 0 N–H and O–H groups in total. The number of halogens is 5. The molecular weight excluding hydrogens is 488 g/mol. The van der Waals surface area contributed by atoms with Gasteiger partial charge in [0.2, 0.25) is 0 Å². The molecule has 0 aliphatic carbocycles. The zero-order chi connectivity index (χ0) is 26.1. The predicted molar refractivity (Wildman–Crippen MR) is 124 cm³/mol. The van der Waals surface area contributed by atoms with Crippen molar-refractivity contribution in [3.63, 3.8) is 0 Å². The van der Waals surface area contributed by atoms with Crippen LogP contribution in [0.25, 0.3) is 0 Å². The van der Waals surface area contributed by atoms with Crippen LogP contribution in [0.1, 0.15) is 54.6 Å². The molecule has 5 nitrogen and oxygen atoms in total. The molecule has 1 aliphatic rings. The number of likely N-dealkylation sites (N-methyl/N-ethyl adjacent to an activating group) is 1. The molecule has 2 aromatic rings. The van der Waals surface area contributed by atoms with Gasteiger partial charge in [-0.1, -0.05) is 23.7 Å². The fourth-order valence-corrected chi connectivity index (χ4v) is 4.29. The van der Waals surface area contributed by atoms with E-state index in [1.807, 2.05) is 0 Å². The summed E-state index contributed by atoms with van der Waals surface area (Å²) in [5.74, 6) is -2.48. The van der Waals surface area contributed by atoms with Crippen LogP contribution >= 0.6 is 11.6 Å². The van der Waals surface area contributed by atoms with E-state index in [1.54, 1.807) is 49.9 Å².